The van der Waals surface area contributed by atoms with E-state index in [0.29, 0.717) is 6.29 Å². The van der Waals surface area contributed by atoms with Gasteiger partial charge in [-0.15, -0.1) is 24.5 Å². The van der Waals surface area contributed by atoms with Crippen molar-refractivity contribution in [3.8, 4) is 0 Å². The van der Waals surface area contributed by atoms with Gasteiger partial charge in [-0.05, 0) is 6.07 Å². The summed E-state index contributed by atoms with van der Waals surface area (Å²) in [5, 5.41) is 0.108. The lowest BCUT2D eigenvalue weighted by Gasteiger charge is -2.11. The number of halogens is 3. The molecule has 0 saturated carbocycles. The summed E-state index contributed by atoms with van der Waals surface area (Å²) < 4.78 is 41.3. The van der Waals surface area contributed by atoms with Gasteiger partial charge < -0.3 is 0 Å². The second-order valence-corrected chi connectivity index (χ2v) is 5.14. The van der Waals surface area contributed by atoms with E-state index in [-0.39, 0.29) is 21.6 Å². The molecule has 0 aromatic carbocycles. The highest BCUT2D eigenvalue weighted by Gasteiger charge is 2.29. The summed E-state index contributed by atoms with van der Waals surface area (Å²) in [6, 6.07) is 1.30. The smallest absolute Gasteiger partial charge is 0.297 e. The molecule has 0 fully saturated rings. The highest BCUT2D eigenvalue weighted by atomic mass is 32.1. The number of carbonyl (C=O) groups excluding carboxylic acids is 1. The van der Waals surface area contributed by atoms with E-state index in [4.69, 9.17) is 0 Å². The van der Waals surface area contributed by atoms with E-state index < -0.39 is 24.2 Å². The zero-order valence-corrected chi connectivity index (χ0v) is 11.5. The first-order valence-corrected chi connectivity index (χ1v) is 6.45. The summed E-state index contributed by atoms with van der Waals surface area (Å²) in [6.45, 7) is -1.16. The fourth-order valence-electron chi connectivity index (χ4n) is 1.80. The first-order chi connectivity index (χ1) is 9.74. The summed E-state index contributed by atoms with van der Waals surface area (Å²) in [5.41, 5.74) is -1.37. The van der Waals surface area contributed by atoms with Crippen molar-refractivity contribution in [2.24, 2.45) is 7.05 Å². The second kappa shape index (κ2) is 5.45. The Morgan fingerprint density at radius 3 is 2.62 bits per heavy atom. The van der Waals surface area contributed by atoms with Crippen LogP contribution in [0.4, 0.5) is 13.2 Å². The Labute approximate surface area is 119 Å². The molecule has 114 valence electrons. The number of carbonyl (C=O) groups is 1. The van der Waals surface area contributed by atoms with Gasteiger partial charge >= 0.3 is 12.1 Å². The zero-order chi connectivity index (χ0) is 15.8. The maximum Gasteiger partial charge on any atom is 0.522 e. The molecule has 0 aliphatic carbocycles. The van der Waals surface area contributed by atoms with Crippen LogP contribution in [0.3, 0.4) is 0 Å². The van der Waals surface area contributed by atoms with E-state index in [0.717, 1.165) is 20.5 Å². The van der Waals surface area contributed by atoms with E-state index in [1.807, 2.05) is 0 Å². The van der Waals surface area contributed by atoms with Crippen LogP contribution in [0.2, 0.25) is 0 Å². The molecular weight excluding hydrogens is 313 g/mol. The summed E-state index contributed by atoms with van der Waals surface area (Å²) >= 11 is 0.864. The molecule has 2 aromatic rings. The van der Waals surface area contributed by atoms with Gasteiger partial charge in [0, 0.05) is 7.05 Å². The molecule has 21 heavy (non-hydrogen) atoms. The van der Waals surface area contributed by atoms with Crippen LogP contribution >= 0.6 is 11.3 Å². The van der Waals surface area contributed by atoms with Crippen LogP contribution in [-0.2, 0) is 18.3 Å². The molecule has 0 amide bonds. The molecule has 0 radical (unpaired) electrons. The van der Waals surface area contributed by atoms with Crippen LogP contribution in [0, 0.1) is 0 Å². The van der Waals surface area contributed by atoms with Gasteiger partial charge in [-0.2, -0.15) is 0 Å². The van der Waals surface area contributed by atoms with E-state index in [2.05, 4.69) is 4.74 Å². The average Bonchev–Trinajstić information content (AvgIpc) is 2.83. The number of thiophene rings is 1. The molecule has 2 aromatic heterocycles. The van der Waals surface area contributed by atoms with Crippen molar-refractivity contribution in [3.05, 3.63) is 31.8 Å². The van der Waals surface area contributed by atoms with E-state index in [1.165, 1.54) is 13.1 Å². The minimum Gasteiger partial charge on any atom is -0.297 e. The Morgan fingerprint density at radius 1 is 1.38 bits per heavy atom. The number of nitrogens with zero attached hydrogens (tertiary/aromatic N) is 2. The van der Waals surface area contributed by atoms with Crippen LogP contribution < -0.4 is 11.2 Å². The lowest BCUT2D eigenvalue weighted by Crippen LogP contribution is -2.38. The Bertz CT molecular complexity index is 803. The maximum absolute atomic E-state index is 12.0. The van der Waals surface area contributed by atoms with Gasteiger partial charge in [-0.3, -0.25) is 23.5 Å². The van der Waals surface area contributed by atoms with Gasteiger partial charge in [0.15, 0.2) is 6.29 Å². The van der Waals surface area contributed by atoms with Crippen LogP contribution in [0.5, 0.6) is 0 Å². The van der Waals surface area contributed by atoms with Crippen molar-refractivity contribution in [1.29, 1.82) is 0 Å². The van der Waals surface area contributed by atoms with Crippen molar-refractivity contribution >= 4 is 27.8 Å². The topological polar surface area (TPSA) is 70.3 Å². The molecular formula is C11H9F3N2O4S. The number of ether oxygens (including phenoxy) is 1. The molecule has 0 atom stereocenters. The van der Waals surface area contributed by atoms with Crippen LogP contribution in [0.1, 0.15) is 9.67 Å². The first kappa shape index (κ1) is 15.4. The standard InChI is InChI=1S/C11H9F3N2O4S/c1-15-8(18)7-4-6(5-17)21-9(7)16(10(15)19)2-3-20-11(12,13)14/h4-5H,2-3H2,1H3. The number of aldehydes is 1. The lowest BCUT2D eigenvalue weighted by molar-refractivity contribution is -0.325. The van der Waals surface area contributed by atoms with Gasteiger partial charge in [0.05, 0.1) is 23.4 Å². The number of aromatic nitrogens is 2. The minimum atomic E-state index is -4.80. The molecule has 6 nitrogen and oxygen atoms in total. The summed E-state index contributed by atoms with van der Waals surface area (Å²) in [5.74, 6) is 0. The third-order valence-electron chi connectivity index (χ3n) is 2.73. The fraction of sp³-hybridized carbons (Fsp3) is 0.364. The number of hydrogen-bond donors (Lipinski definition) is 0. The average molecular weight is 322 g/mol. The Morgan fingerprint density at radius 2 is 2.05 bits per heavy atom. The molecule has 0 unspecified atom stereocenters. The van der Waals surface area contributed by atoms with E-state index in [9.17, 15) is 27.6 Å². The van der Waals surface area contributed by atoms with Crippen molar-refractivity contribution in [3.63, 3.8) is 0 Å². The van der Waals surface area contributed by atoms with Gasteiger partial charge in [0.2, 0.25) is 0 Å². The van der Waals surface area contributed by atoms with Gasteiger partial charge in [0.1, 0.15) is 4.83 Å². The van der Waals surface area contributed by atoms with E-state index in [1.54, 1.807) is 0 Å². The molecule has 2 heterocycles. The minimum absolute atomic E-state index is 0.108. The molecule has 0 spiro atoms. The molecule has 10 heteroatoms. The highest BCUT2D eigenvalue weighted by Crippen LogP contribution is 2.21. The third kappa shape index (κ3) is 3.05. The quantitative estimate of drug-likeness (QED) is 0.791. The molecule has 0 bridgehead atoms. The molecule has 0 N–H and O–H groups in total. The lowest BCUT2D eigenvalue weighted by atomic mass is 10.3. The SMILES string of the molecule is Cn1c(=O)c2cc(C=O)sc2n(CCOC(F)(F)F)c1=O. The Balaban J connectivity index is 2.51. The van der Waals surface area contributed by atoms with E-state index >= 15 is 0 Å². The van der Waals surface area contributed by atoms with Crippen molar-refractivity contribution in [1.82, 2.24) is 9.13 Å². The van der Waals surface area contributed by atoms with Crippen molar-refractivity contribution < 1.29 is 22.7 Å². The summed E-state index contributed by atoms with van der Waals surface area (Å²) in [4.78, 5) is 35.0. The van der Waals surface area contributed by atoms with Crippen molar-refractivity contribution in [2.45, 2.75) is 12.9 Å². The summed E-state index contributed by atoms with van der Waals surface area (Å²) in [6.07, 6.45) is -4.29. The molecule has 0 saturated heterocycles. The highest BCUT2D eigenvalue weighted by molar-refractivity contribution is 7.20. The fourth-order valence-corrected chi connectivity index (χ4v) is 2.78. The van der Waals surface area contributed by atoms with Crippen molar-refractivity contribution in [2.75, 3.05) is 6.61 Å². The first-order valence-electron chi connectivity index (χ1n) is 5.64. The monoisotopic (exact) mass is 322 g/mol. The predicted octanol–water partition coefficient (Wildman–Crippen LogP) is 1.11. The largest absolute Gasteiger partial charge is 0.522 e. The number of alkyl halides is 3. The number of rotatable bonds is 4. The second-order valence-electron chi connectivity index (χ2n) is 4.08. The van der Waals surface area contributed by atoms with Gasteiger partial charge in [-0.1, -0.05) is 0 Å². The normalized spacial score (nSPS) is 12.0. The molecule has 0 aliphatic rings. The number of hydrogen-bond acceptors (Lipinski definition) is 5. The Kier molecular flexibility index (Phi) is 4.01. The zero-order valence-electron chi connectivity index (χ0n) is 10.6. The maximum atomic E-state index is 12.0. The van der Waals surface area contributed by atoms with Crippen LogP contribution in [0.15, 0.2) is 15.7 Å². The van der Waals surface area contributed by atoms with Crippen LogP contribution in [-0.4, -0.2) is 28.4 Å². The Hall–Kier alpha value is -1.94. The van der Waals surface area contributed by atoms with Gasteiger partial charge in [0.25, 0.3) is 5.56 Å². The number of fused-ring (bicyclic) bond motifs is 1. The molecule has 2 rings (SSSR count). The van der Waals surface area contributed by atoms with Crippen LogP contribution in [0.25, 0.3) is 10.2 Å². The predicted molar refractivity (Wildman–Crippen MR) is 68.7 cm³/mol. The third-order valence-corrected chi connectivity index (χ3v) is 3.81. The summed E-state index contributed by atoms with van der Waals surface area (Å²) in [7, 11) is 1.21. The van der Waals surface area contributed by atoms with Gasteiger partial charge in [-0.25, -0.2) is 4.79 Å². The molecule has 0 aliphatic heterocycles.